The van der Waals surface area contributed by atoms with Gasteiger partial charge in [0.15, 0.2) is 0 Å². The molecule has 0 nitrogen and oxygen atoms in total. The minimum atomic E-state index is -3.18. The molecule has 0 aromatic heterocycles. The molecule has 2 aromatic rings. The first-order valence-corrected chi connectivity index (χ1v) is 27.1. The van der Waals surface area contributed by atoms with Crippen LogP contribution in [0.25, 0.3) is 11.1 Å². The second-order valence-electron chi connectivity index (χ2n) is 10.5. The van der Waals surface area contributed by atoms with Gasteiger partial charge in [-0.05, 0) is 0 Å². The van der Waals surface area contributed by atoms with Crippen LogP contribution in [0.4, 0.5) is 0 Å². The molecule has 2 aliphatic rings. The Bertz CT molecular complexity index is 936. The standard InChI is InChI=1S/2C12H13.2CH3.H3Si.Zr/c2*1-3-11-9(2)8-10-6-4-5-7-12(10)11;;;;/h2*4-8H,3H2,1-2H3;3*1H3;. The van der Waals surface area contributed by atoms with Crippen LogP contribution in [0.15, 0.2) is 59.7 Å². The Labute approximate surface area is 174 Å². The van der Waals surface area contributed by atoms with E-state index in [1.165, 1.54) is 7.37 Å². The van der Waals surface area contributed by atoms with E-state index in [4.69, 9.17) is 0 Å². The Balaban J connectivity index is 1.98. The Morgan fingerprint density at radius 1 is 0.714 bits per heavy atom. The molecule has 28 heavy (non-hydrogen) atoms. The van der Waals surface area contributed by atoms with E-state index in [1.807, 2.05) is 0 Å². The van der Waals surface area contributed by atoms with E-state index in [9.17, 15) is 0 Å². The fraction of sp³-hybridized carbons (Fsp3) is 0.385. The van der Waals surface area contributed by atoms with Crippen molar-refractivity contribution in [2.45, 2.75) is 57.1 Å². The molecular weight excluding hydrogens is 432 g/mol. The molecule has 147 valence electrons. The zero-order chi connectivity index (χ0) is 20.3. The summed E-state index contributed by atoms with van der Waals surface area (Å²) in [5.41, 5.74) is 13.1. The van der Waals surface area contributed by atoms with E-state index in [1.54, 1.807) is 44.5 Å². The Hall–Kier alpha value is -0.980. The normalized spacial score (nSPS) is 23.0. The van der Waals surface area contributed by atoms with Crippen molar-refractivity contribution in [3.05, 3.63) is 81.9 Å². The Morgan fingerprint density at radius 3 is 1.43 bits per heavy atom. The summed E-state index contributed by atoms with van der Waals surface area (Å²) in [6, 6.07) is 18.7. The van der Waals surface area contributed by atoms with E-state index in [-0.39, 0.29) is 0 Å². The van der Waals surface area contributed by atoms with E-state index in [0.717, 1.165) is 12.8 Å². The molecule has 0 spiro atoms. The quantitative estimate of drug-likeness (QED) is 0.429. The van der Waals surface area contributed by atoms with Gasteiger partial charge in [-0.1, -0.05) is 0 Å². The van der Waals surface area contributed by atoms with E-state index < -0.39 is 17.9 Å². The summed E-state index contributed by atoms with van der Waals surface area (Å²) in [6.45, 7) is 9.60. The molecule has 0 N–H and O–H groups in total. The molecule has 0 amide bonds. The summed E-state index contributed by atoms with van der Waals surface area (Å²) in [5.74, 6) is 0. The topological polar surface area (TPSA) is 0 Å². The first kappa shape index (κ1) is 20.3. The van der Waals surface area contributed by atoms with Gasteiger partial charge in [0.05, 0.1) is 0 Å². The second kappa shape index (κ2) is 6.78. The van der Waals surface area contributed by atoms with Crippen molar-refractivity contribution in [2.75, 3.05) is 0 Å². The predicted molar refractivity (Wildman–Crippen MR) is 126 cm³/mol. The molecular formula is C26H35SiZr. The average molecular weight is 467 g/mol. The van der Waals surface area contributed by atoms with Gasteiger partial charge < -0.3 is 0 Å². The molecule has 0 saturated carbocycles. The zero-order valence-electron chi connectivity index (χ0n) is 18.7. The summed E-state index contributed by atoms with van der Waals surface area (Å²) in [7, 11) is 1.33. The Kier molecular flexibility index (Phi) is 4.91. The van der Waals surface area contributed by atoms with Gasteiger partial charge in [-0.25, -0.2) is 0 Å². The zero-order valence-corrected chi connectivity index (χ0v) is 23.1. The summed E-state index contributed by atoms with van der Waals surface area (Å²) in [6.07, 6.45) is 2.31. The number of hydrogen-bond acceptors (Lipinski definition) is 0. The van der Waals surface area contributed by atoms with E-state index in [0.29, 0.717) is 7.25 Å². The third-order valence-corrected chi connectivity index (χ3v) is 28.4. The summed E-state index contributed by atoms with van der Waals surface area (Å²) < 4.78 is 6.98. The predicted octanol–water partition coefficient (Wildman–Crippen LogP) is 6.93. The van der Waals surface area contributed by atoms with Gasteiger partial charge in [0.2, 0.25) is 0 Å². The van der Waals surface area contributed by atoms with Crippen LogP contribution in [0, 0.1) is 0 Å². The number of rotatable bonds is 4. The van der Waals surface area contributed by atoms with Crippen LogP contribution in [0.2, 0.25) is 9.26 Å². The number of allylic oxidation sites excluding steroid dienone is 4. The minimum absolute atomic E-state index is 0.698. The summed E-state index contributed by atoms with van der Waals surface area (Å²) in [5, 5.41) is 0. The van der Waals surface area contributed by atoms with Gasteiger partial charge in [0.25, 0.3) is 0 Å². The molecule has 0 aliphatic heterocycles. The van der Waals surface area contributed by atoms with Crippen LogP contribution in [-0.4, -0.2) is 7.37 Å². The monoisotopic (exact) mass is 465 g/mol. The number of fused-ring (bicyclic) bond motifs is 2. The molecule has 2 aromatic carbocycles. The molecule has 2 unspecified atom stereocenters. The number of hydrogen-bond donors (Lipinski definition) is 0. The first-order chi connectivity index (χ1) is 13.2. The van der Waals surface area contributed by atoms with E-state index in [2.05, 4.69) is 85.5 Å². The third-order valence-electron chi connectivity index (χ3n) is 7.78. The molecule has 2 heteroatoms. The molecule has 4 rings (SSSR count). The molecule has 0 radical (unpaired) electrons. The van der Waals surface area contributed by atoms with Crippen molar-refractivity contribution in [1.29, 1.82) is 0 Å². The van der Waals surface area contributed by atoms with Crippen LogP contribution >= 0.6 is 0 Å². The molecule has 0 saturated heterocycles. The molecule has 0 fully saturated rings. The summed E-state index contributed by atoms with van der Waals surface area (Å²) in [4.78, 5) is 0. The van der Waals surface area contributed by atoms with Gasteiger partial charge in [-0.2, -0.15) is 0 Å². The van der Waals surface area contributed by atoms with Crippen LogP contribution < -0.4 is 0 Å². The van der Waals surface area contributed by atoms with Crippen LogP contribution in [-0.2, 0) is 17.9 Å². The van der Waals surface area contributed by atoms with Crippen molar-refractivity contribution in [3.8, 4) is 0 Å². The number of benzene rings is 2. The van der Waals surface area contributed by atoms with Crippen molar-refractivity contribution in [3.63, 3.8) is 0 Å². The van der Waals surface area contributed by atoms with Crippen LogP contribution in [0.5, 0.6) is 0 Å². The van der Waals surface area contributed by atoms with Gasteiger partial charge in [-0.3, -0.25) is 0 Å². The first-order valence-electron chi connectivity index (χ1n) is 11.0. The average Bonchev–Trinajstić information content (AvgIpc) is 3.11. The van der Waals surface area contributed by atoms with Gasteiger partial charge in [-0.15, -0.1) is 0 Å². The molecule has 0 bridgehead atoms. The fourth-order valence-corrected chi connectivity index (χ4v) is 31.9. The summed E-state index contributed by atoms with van der Waals surface area (Å²) >= 11 is -3.18. The van der Waals surface area contributed by atoms with Crippen LogP contribution in [0.1, 0.15) is 70.0 Å². The second-order valence-corrected chi connectivity index (χ2v) is 48.7. The maximum atomic E-state index is 2.79. The van der Waals surface area contributed by atoms with E-state index >= 15 is 0 Å². The van der Waals surface area contributed by atoms with Gasteiger partial charge >= 0.3 is 175 Å². The Morgan fingerprint density at radius 2 is 1.07 bits per heavy atom. The SMILES string of the molecule is CCC1=C(C)[CH]([Zr]([CH3])([CH3])([SiH3])[CH]2C(C)=C(CC)c3ccccc32)c2ccccc21. The maximum absolute atomic E-state index is 3.18. The van der Waals surface area contributed by atoms with Gasteiger partial charge in [0, 0.05) is 0 Å². The van der Waals surface area contributed by atoms with Crippen molar-refractivity contribution >= 4 is 18.5 Å². The van der Waals surface area contributed by atoms with Crippen molar-refractivity contribution < 1.29 is 17.9 Å². The fourth-order valence-electron chi connectivity index (χ4n) is 7.05. The molecule has 2 aliphatic carbocycles. The molecule has 0 heterocycles. The van der Waals surface area contributed by atoms with Gasteiger partial charge in [0.1, 0.15) is 0 Å². The third kappa shape index (κ3) is 2.71. The van der Waals surface area contributed by atoms with Crippen molar-refractivity contribution in [1.82, 2.24) is 0 Å². The van der Waals surface area contributed by atoms with Crippen molar-refractivity contribution in [2.24, 2.45) is 0 Å². The molecule has 2 atom stereocenters. The van der Waals surface area contributed by atoms with Crippen LogP contribution in [0.3, 0.4) is 0 Å².